The molecule has 0 radical (unpaired) electrons. The molecule has 0 bridgehead atoms. The Morgan fingerprint density at radius 3 is 2.45 bits per heavy atom. The van der Waals surface area contributed by atoms with Crippen LogP contribution in [-0.4, -0.2) is 7.05 Å². The van der Waals surface area contributed by atoms with Crippen LogP contribution in [0.1, 0.15) is 22.7 Å². The van der Waals surface area contributed by atoms with E-state index in [1.807, 2.05) is 6.07 Å². The molecule has 0 aliphatic rings. The van der Waals surface area contributed by atoms with Gasteiger partial charge in [0.1, 0.15) is 0 Å². The Morgan fingerprint density at radius 2 is 1.80 bits per heavy atom. The highest BCUT2D eigenvalue weighted by molar-refractivity contribution is 14.1. The maximum atomic E-state index is 14.2. The number of rotatable bonds is 3. The van der Waals surface area contributed by atoms with Gasteiger partial charge in [-0.3, -0.25) is 0 Å². The van der Waals surface area contributed by atoms with Gasteiger partial charge in [-0.15, -0.1) is 0 Å². The van der Waals surface area contributed by atoms with Crippen molar-refractivity contribution >= 4 is 34.2 Å². The monoisotopic (exact) mass is 407 g/mol. The second-order valence-electron chi connectivity index (χ2n) is 4.49. The lowest BCUT2D eigenvalue weighted by molar-refractivity contribution is 0.482. The van der Waals surface area contributed by atoms with E-state index >= 15 is 0 Å². The number of hydrogen-bond acceptors (Lipinski definition) is 1. The van der Waals surface area contributed by atoms with E-state index in [0.29, 0.717) is 10.6 Å². The quantitative estimate of drug-likeness (QED) is 0.718. The van der Waals surface area contributed by atoms with Gasteiger partial charge < -0.3 is 5.32 Å². The molecule has 0 saturated carbocycles. The van der Waals surface area contributed by atoms with Crippen LogP contribution in [-0.2, 0) is 0 Å². The van der Waals surface area contributed by atoms with Gasteiger partial charge in [-0.25, -0.2) is 8.78 Å². The first-order valence-corrected chi connectivity index (χ1v) is 7.48. The lowest BCUT2D eigenvalue weighted by Crippen LogP contribution is -2.20. The summed E-state index contributed by atoms with van der Waals surface area (Å²) in [5.41, 5.74) is 1.39. The highest BCUT2D eigenvalue weighted by Crippen LogP contribution is 2.31. The van der Waals surface area contributed by atoms with Crippen molar-refractivity contribution in [1.82, 2.24) is 5.32 Å². The lowest BCUT2D eigenvalue weighted by Gasteiger charge is -2.20. The summed E-state index contributed by atoms with van der Waals surface area (Å²) in [6.07, 6.45) is 0. The molecule has 0 aliphatic carbocycles. The maximum absolute atomic E-state index is 14.2. The molecule has 0 aliphatic heterocycles. The van der Waals surface area contributed by atoms with Gasteiger partial charge >= 0.3 is 0 Å². The fourth-order valence-electron chi connectivity index (χ4n) is 2.10. The third-order valence-electron chi connectivity index (χ3n) is 3.17. The highest BCUT2D eigenvalue weighted by atomic mass is 127. The topological polar surface area (TPSA) is 12.0 Å². The van der Waals surface area contributed by atoms with E-state index in [1.165, 1.54) is 0 Å². The molecule has 1 atom stereocenters. The first-order valence-electron chi connectivity index (χ1n) is 6.02. The van der Waals surface area contributed by atoms with Gasteiger partial charge in [0, 0.05) is 14.2 Å². The van der Waals surface area contributed by atoms with Gasteiger partial charge in [0.15, 0.2) is 11.6 Å². The molecule has 2 aromatic rings. The smallest absolute Gasteiger partial charge is 0.164 e. The first kappa shape index (κ1) is 15.7. The first-order chi connectivity index (χ1) is 9.45. The van der Waals surface area contributed by atoms with Crippen LogP contribution in [0.25, 0.3) is 0 Å². The SMILES string of the molecule is CNC(c1cc(Cl)ccc1I)c1ccc(C)c(F)c1F. The van der Waals surface area contributed by atoms with Gasteiger partial charge in [0.25, 0.3) is 0 Å². The lowest BCUT2D eigenvalue weighted by atomic mass is 9.97. The number of aryl methyl sites for hydroxylation is 1. The normalized spacial score (nSPS) is 12.5. The van der Waals surface area contributed by atoms with Crippen molar-refractivity contribution in [3.8, 4) is 0 Å². The Morgan fingerprint density at radius 1 is 1.10 bits per heavy atom. The number of benzene rings is 2. The molecular formula is C15H13ClF2IN. The van der Waals surface area contributed by atoms with Gasteiger partial charge in [0.2, 0.25) is 0 Å². The molecular weight excluding hydrogens is 395 g/mol. The summed E-state index contributed by atoms with van der Waals surface area (Å²) < 4.78 is 28.9. The predicted molar refractivity (Wildman–Crippen MR) is 86.2 cm³/mol. The Balaban J connectivity index is 2.58. The molecule has 1 N–H and O–H groups in total. The second-order valence-corrected chi connectivity index (χ2v) is 6.09. The number of halogens is 4. The highest BCUT2D eigenvalue weighted by Gasteiger charge is 2.21. The van der Waals surface area contributed by atoms with E-state index in [-0.39, 0.29) is 5.56 Å². The van der Waals surface area contributed by atoms with Crippen LogP contribution < -0.4 is 5.32 Å². The third-order valence-corrected chi connectivity index (χ3v) is 4.39. The van der Waals surface area contributed by atoms with E-state index in [4.69, 9.17) is 11.6 Å². The summed E-state index contributed by atoms with van der Waals surface area (Å²) in [6, 6.07) is 8.12. The van der Waals surface area contributed by atoms with Crippen molar-refractivity contribution in [2.75, 3.05) is 7.05 Å². The molecule has 5 heteroatoms. The zero-order valence-electron chi connectivity index (χ0n) is 11.0. The van der Waals surface area contributed by atoms with Crippen LogP contribution >= 0.6 is 34.2 Å². The third kappa shape index (κ3) is 2.97. The Labute approximate surface area is 135 Å². The minimum Gasteiger partial charge on any atom is -0.309 e. The zero-order chi connectivity index (χ0) is 14.9. The summed E-state index contributed by atoms with van der Waals surface area (Å²) in [5.74, 6) is -1.63. The average Bonchev–Trinajstić information content (AvgIpc) is 2.43. The molecule has 0 fully saturated rings. The van der Waals surface area contributed by atoms with Gasteiger partial charge in [-0.1, -0.05) is 23.7 Å². The van der Waals surface area contributed by atoms with E-state index in [0.717, 1.165) is 9.13 Å². The summed E-state index contributed by atoms with van der Waals surface area (Å²) in [7, 11) is 1.71. The van der Waals surface area contributed by atoms with Gasteiger partial charge in [-0.2, -0.15) is 0 Å². The fourth-order valence-corrected chi connectivity index (χ4v) is 2.93. The Bertz CT molecular complexity index is 646. The molecule has 0 amide bonds. The standard InChI is InChI=1S/C15H13ClF2IN/c1-8-3-5-10(14(18)13(8)17)15(20-2)11-7-9(16)4-6-12(11)19/h3-7,15,20H,1-2H3. The molecule has 0 spiro atoms. The van der Waals surface area contributed by atoms with E-state index in [1.54, 1.807) is 38.2 Å². The van der Waals surface area contributed by atoms with Crippen molar-refractivity contribution in [2.24, 2.45) is 0 Å². The Kier molecular flexibility index (Phi) is 4.99. The van der Waals surface area contributed by atoms with Crippen LogP contribution in [0.2, 0.25) is 5.02 Å². The van der Waals surface area contributed by atoms with Gasteiger partial charge in [-0.05, 0) is 65.9 Å². The fraction of sp³-hybridized carbons (Fsp3) is 0.200. The molecule has 2 rings (SSSR count). The largest absolute Gasteiger partial charge is 0.309 e. The van der Waals surface area contributed by atoms with Crippen molar-refractivity contribution in [3.63, 3.8) is 0 Å². The second kappa shape index (κ2) is 6.37. The van der Waals surface area contributed by atoms with Crippen molar-refractivity contribution in [2.45, 2.75) is 13.0 Å². The molecule has 0 saturated heterocycles. The van der Waals surface area contributed by atoms with Crippen LogP contribution in [0, 0.1) is 22.1 Å². The maximum Gasteiger partial charge on any atom is 0.164 e. The number of hydrogen-bond donors (Lipinski definition) is 1. The molecule has 20 heavy (non-hydrogen) atoms. The molecule has 0 heterocycles. The van der Waals surface area contributed by atoms with Gasteiger partial charge in [0.05, 0.1) is 6.04 Å². The molecule has 0 aromatic heterocycles. The van der Waals surface area contributed by atoms with Crippen LogP contribution in [0.15, 0.2) is 30.3 Å². The van der Waals surface area contributed by atoms with Crippen LogP contribution in [0.3, 0.4) is 0 Å². The van der Waals surface area contributed by atoms with E-state index in [9.17, 15) is 8.78 Å². The van der Waals surface area contributed by atoms with Crippen LogP contribution in [0.4, 0.5) is 8.78 Å². The summed E-state index contributed by atoms with van der Waals surface area (Å²) >= 11 is 8.16. The average molecular weight is 408 g/mol. The summed E-state index contributed by atoms with van der Waals surface area (Å²) in [4.78, 5) is 0. The van der Waals surface area contributed by atoms with E-state index < -0.39 is 17.7 Å². The predicted octanol–water partition coefficient (Wildman–Crippen LogP) is 4.84. The molecule has 1 nitrogen and oxygen atoms in total. The Hall–Kier alpha value is -0.720. The van der Waals surface area contributed by atoms with E-state index in [2.05, 4.69) is 27.9 Å². The molecule has 106 valence electrons. The zero-order valence-corrected chi connectivity index (χ0v) is 13.9. The number of nitrogens with one attached hydrogen (secondary N) is 1. The molecule has 2 aromatic carbocycles. The minimum absolute atomic E-state index is 0.274. The molecule has 1 unspecified atom stereocenters. The van der Waals surface area contributed by atoms with Crippen molar-refractivity contribution < 1.29 is 8.78 Å². The van der Waals surface area contributed by atoms with Crippen LogP contribution in [0.5, 0.6) is 0 Å². The minimum atomic E-state index is -0.819. The summed E-state index contributed by atoms with van der Waals surface area (Å²) in [6.45, 7) is 1.54. The summed E-state index contributed by atoms with van der Waals surface area (Å²) in [5, 5.41) is 3.58. The van der Waals surface area contributed by atoms with Crippen molar-refractivity contribution in [3.05, 3.63) is 67.2 Å². The van der Waals surface area contributed by atoms with Crippen molar-refractivity contribution in [1.29, 1.82) is 0 Å².